The van der Waals surface area contributed by atoms with E-state index >= 15 is 0 Å². The molecule has 2 rings (SSSR count). The van der Waals surface area contributed by atoms with Crippen molar-refractivity contribution in [2.24, 2.45) is 11.1 Å². The second-order valence-corrected chi connectivity index (χ2v) is 5.13. The maximum Gasteiger partial charge on any atom is 0.253 e. The molecule has 0 radical (unpaired) electrons. The number of nitrogens with zero attached hydrogens (tertiary/aromatic N) is 2. The fourth-order valence-electron chi connectivity index (χ4n) is 2.04. The number of benzene rings is 1. The highest BCUT2D eigenvalue weighted by molar-refractivity contribution is 5.94. The molecule has 1 aromatic carbocycles. The molecule has 5 nitrogen and oxygen atoms in total. The number of hydrogen-bond acceptors (Lipinski definition) is 4. The molecule has 0 bridgehead atoms. The van der Waals surface area contributed by atoms with Crippen LogP contribution in [0, 0.1) is 5.92 Å². The number of rotatable bonds is 6. The van der Waals surface area contributed by atoms with E-state index in [1.165, 1.54) is 7.11 Å². The number of likely N-dealkylation sites (N-methyl/N-ethyl adjacent to an activating group) is 1. The minimum absolute atomic E-state index is 0.0834. The van der Waals surface area contributed by atoms with E-state index in [4.69, 9.17) is 0 Å². The number of oxime groups is 1. The summed E-state index contributed by atoms with van der Waals surface area (Å²) in [6.45, 7) is 0.385. The fourth-order valence-corrected chi connectivity index (χ4v) is 2.04. The maximum atomic E-state index is 12.2. The zero-order chi connectivity index (χ0) is 14.5. The second-order valence-electron chi connectivity index (χ2n) is 5.13. The molecule has 5 heteroatoms. The van der Waals surface area contributed by atoms with Crippen molar-refractivity contribution in [1.82, 2.24) is 4.90 Å². The molecular weight excluding hydrogens is 256 g/mol. The second kappa shape index (κ2) is 6.52. The van der Waals surface area contributed by atoms with Crippen LogP contribution in [-0.2, 0) is 4.84 Å². The van der Waals surface area contributed by atoms with Gasteiger partial charge < -0.3 is 14.8 Å². The average Bonchev–Trinajstić information content (AvgIpc) is 3.29. The van der Waals surface area contributed by atoms with Crippen molar-refractivity contribution in [2.75, 3.05) is 20.7 Å². The summed E-state index contributed by atoms with van der Waals surface area (Å²) in [5.41, 5.74) is 1.47. The lowest BCUT2D eigenvalue weighted by atomic mass is 10.1. The molecular formula is C15H20N2O3. The Morgan fingerprint density at radius 2 is 2.15 bits per heavy atom. The third-order valence-electron chi connectivity index (χ3n) is 3.44. The Kier molecular flexibility index (Phi) is 4.74. The first-order chi connectivity index (χ1) is 9.61. The number of hydrogen-bond donors (Lipinski definition) is 1. The zero-order valence-electron chi connectivity index (χ0n) is 11.8. The maximum absolute atomic E-state index is 12.2. The molecule has 1 atom stereocenters. The molecule has 1 aliphatic carbocycles. The van der Waals surface area contributed by atoms with E-state index in [0.29, 0.717) is 18.0 Å². The number of amides is 1. The van der Waals surface area contributed by atoms with Gasteiger partial charge in [0.15, 0.2) is 0 Å². The van der Waals surface area contributed by atoms with Crippen molar-refractivity contribution in [1.29, 1.82) is 0 Å². The van der Waals surface area contributed by atoms with Crippen LogP contribution in [0.1, 0.15) is 28.8 Å². The monoisotopic (exact) mass is 276 g/mol. The molecule has 0 heterocycles. The van der Waals surface area contributed by atoms with Gasteiger partial charge in [0.05, 0.1) is 12.3 Å². The van der Waals surface area contributed by atoms with Crippen molar-refractivity contribution < 1.29 is 14.7 Å². The third kappa shape index (κ3) is 3.81. The van der Waals surface area contributed by atoms with E-state index in [1.54, 1.807) is 42.4 Å². The number of carbonyl (C=O) groups is 1. The summed E-state index contributed by atoms with van der Waals surface area (Å²) in [5, 5.41) is 13.5. The van der Waals surface area contributed by atoms with Crippen molar-refractivity contribution >= 4 is 12.1 Å². The van der Waals surface area contributed by atoms with Crippen LogP contribution in [0.25, 0.3) is 0 Å². The van der Waals surface area contributed by atoms with E-state index in [9.17, 15) is 9.90 Å². The summed E-state index contributed by atoms with van der Waals surface area (Å²) in [6, 6.07) is 7.11. The van der Waals surface area contributed by atoms with E-state index in [-0.39, 0.29) is 5.91 Å². The quantitative estimate of drug-likeness (QED) is 0.633. The predicted octanol–water partition coefficient (Wildman–Crippen LogP) is 1.51. The van der Waals surface area contributed by atoms with Crippen LogP contribution in [0.3, 0.4) is 0 Å². The van der Waals surface area contributed by atoms with Gasteiger partial charge in [0.25, 0.3) is 5.91 Å². The van der Waals surface area contributed by atoms with Gasteiger partial charge in [-0.05, 0) is 36.5 Å². The topological polar surface area (TPSA) is 62.1 Å². The molecule has 1 N–H and O–H groups in total. The molecule has 1 aliphatic rings. The van der Waals surface area contributed by atoms with E-state index in [2.05, 4.69) is 9.99 Å². The smallest absolute Gasteiger partial charge is 0.253 e. The van der Waals surface area contributed by atoms with Crippen LogP contribution >= 0.6 is 0 Å². The lowest BCUT2D eigenvalue weighted by Gasteiger charge is -2.20. The first-order valence-electron chi connectivity index (χ1n) is 6.72. The van der Waals surface area contributed by atoms with Crippen molar-refractivity contribution in [2.45, 2.75) is 18.9 Å². The Morgan fingerprint density at radius 1 is 1.50 bits per heavy atom. The van der Waals surface area contributed by atoms with Crippen LogP contribution in [0.4, 0.5) is 0 Å². The van der Waals surface area contributed by atoms with Crippen LogP contribution in [0.15, 0.2) is 29.4 Å². The Morgan fingerprint density at radius 3 is 2.70 bits per heavy atom. The largest absolute Gasteiger partial charge is 0.399 e. The van der Waals surface area contributed by atoms with Gasteiger partial charge in [0.2, 0.25) is 0 Å². The highest BCUT2D eigenvalue weighted by Crippen LogP contribution is 2.32. The van der Waals surface area contributed by atoms with Gasteiger partial charge in [-0.15, -0.1) is 0 Å². The van der Waals surface area contributed by atoms with Gasteiger partial charge >= 0.3 is 0 Å². The first kappa shape index (κ1) is 14.5. The van der Waals surface area contributed by atoms with Crippen LogP contribution in [0.2, 0.25) is 0 Å². The van der Waals surface area contributed by atoms with Crippen LogP contribution in [0.5, 0.6) is 0 Å². The lowest BCUT2D eigenvalue weighted by molar-refractivity contribution is 0.0645. The summed E-state index contributed by atoms with van der Waals surface area (Å²) in [6.07, 6.45) is 3.31. The van der Waals surface area contributed by atoms with Crippen molar-refractivity contribution in [3.05, 3.63) is 35.4 Å². The van der Waals surface area contributed by atoms with Gasteiger partial charge in [0, 0.05) is 19.2 Å². The molecule has 0 spiro atoms. The van der Waals surface area contributed by atoms with Gasteiger partial charge in [-0.1, -0.05) is 17.3 Å². The summed E-state index contributed by atoms with van der Waals surface area (Å²) >= 11 is 0. The van der Waals surface area contributed by atoms with Gasteiger partial charge in [0.1, 0.15) is 7.11 Å². The summed E-state index contributed by atoms with van der Waals surface area (Å²) in [5.74, 6) is 0.290. The Labute approximate surface area is 118 Å². The van der Waals surface area contributed by atoms with Crippen LogP contribution in [-0.4, -0.2) is 48.9 Å². The molecule has 0 aliphatic heterocycles. The molecule has 108 valence electrons. The van der Waals surface area contributed by atoms with E-state index in [1.807, 2.05) is 0 Å². The molecule has 1 unspecified atom stereocenters. The SMILES string of the molecule is CO/N=C/c1ccc(C(=O)N(C)CC(O)C2CC2)cc1. The summed E-state index contributed by atoms with van der Waals surface area (Å²) in [4.78, 5) is 18.4. The average molecular weight is 276 g/mol. The Hall–Kier alpha value is -1.88. The number of aliphatic hydroxyl groups is 1. The first-order valence-corrected chi connectivity index (χ1v) is 6.72. The van der Waals surface area contributed by atoms with E-state index in [0.717, 1.165) is 18.4 Å². The molecule has 0 aromatic heterocycles. The summed E-state index contributed by atoms with van der Waals surface area (Å²) < 4.78 is 0. The van der Waals surface area contributed by atoms with Gasteiger partial charge in [-0.3, -0.25) is 4.79 Å². The lowest BCUT2D eigenvalue weighted by Crippen LogP contribution is -2.35. The van der Waals surface area contributed by atoms with Gasteiger partial charge in [-0.25, -0.2) is 0 Å². The highest BCUT2D eigenvalue weighted by atomic mass is 16.6. The van der Waals surface area contributed by atoms with E-state index < -0.39 is 6.10 Å². The number of aliphatic hydroxyl groups excluding tert-OH is 1. The number of carbonyl (C=O) groups excluding carboxylic acids is 1. The molecule has 1 fully saturated rings. The molecule has 1 aromatic rings. The predicted molar refractivity (Wildman–Crippen MR) is 76.7 cm³/mol. The van der Waals surface area contributed by atoms with Crippen molar-refractivity contribution in [3.8, 4) is 0 Å². The Bertz CT molecular complexity index is 480. The normalized spacial score (nSPS) is 16.1. The molecule has 0 saturated heterocycles. The standard InChI is InChI=1S/C15H20N2O3/c1-17(10-14(18)12-7-8-12)15(19)13-5-3-11(4-6-13)9-16-20-2/h3-6,9,12,14,18H,7-8,10H2,1-2H3/b16-9+. The minimum Gasteiger partial charge on any atom is -0.399 e. The highest BCUT2D eigenvalue weighted by Gasteiger charge is 2.31. The van der Waals surface area contributed by atoms with Crippen molar-refractivity contribution in [3.63, 3.8) is 0 Å². The fraction of sp³-hybridized carbons (Fsp3) is 0.467. The Balaban J connectivity index is 1.95. The van der Waals surface area contributed by atoms with Crippen LogP contribution < -0.4 is 0 Å². The molecule has 1 saturated carbocycles. The summed E-state index contributed by atoms with van der Waals surface area (Å²) in [7, 11) is 3.20. The van der Waals surface area contributed by atoms with Gasteiger partial charge in [-0.2, -0.15) is 0 Å². The third-order valence-corrected chi connectivity index (χ3v) is 3.44. The zero-order valence-corrected chi connectivity index (χ0v) is 11.8. The molecule has 20 heavy (non-hydrogen) atoms. The minimum atomic E-state index is -0.406. The molecule has 1 amide bonds.